The van der Waals surface area contributed by atoms with E-state index in [1.54, 1.807) is 24.3 Å². The number of hydrogen-bond donors (Lipinski definition) is 0. The van der Waals surface area contributed by atoms with Crippen molar-refractivity contribution in [2.75, 3.05) is 66.2 Å². The maximum absolute atomic E-state index is 13.2. The molecule has 0 saturated heterocycles. The van der Waals surface area contributed by atoms with E-state index in [1.165, 1.54) is 24.3 Å². The van der Waals surface area contributed by atoms with E-state index in [2.05, 4.69) is 0 Å². The Bertz CT molecular complexity index is 1100. The summed E-state index contributed by atoms with van der Waals surface area (Å²) in [6.07, 6.45) is -2.56. The van der Waals surface area contributed by atoms with Crippen molar-refractivity contribution in [1.82, 2.24) is 0 Å². The molecule has 2 aromatic carbocycles. The standard InChI is InChI=1S/C26H36F2O10S2/c1-21-3-7-25(8-4-21)39(29,30)37-23(17-27)19-35-15-13-33-11-12-34-14-16-36-20-24(18-28)38-40(31,32)26-9-5-22(2)6-10-26/h3-10,23-24H,11-20H2,1-2H3. The lowest BCUT2D eigenvalue weighted by Crippen LogP contribution is -2.27. The molecule has 0 saturated carbocycles. The van der Waals surface area contributed by atoms with Crippen LogP contribution in [0.4, 0.5) is 8.78 Å². The zero-order valence-corrected chi connectivity index (χ0v) is 24.1. The molecule has 0 aliphatic rings. The third-order valence-corrected chi connectivity index (χ3v) is 7.96. The first-order chi connectivity index (χ1) is 19.1. The Morgan fingerprint density at radius 1 is 0.550 bits per heavy atom. The van der Waals surface area contributed by atoms with Gasteiger partial charge in [-0.1, -0.05) is 35.4 Å². The first kappa shape index (κ1) is 34.2. The summed E-state index contributed by atoms with van der Waals surface area (Å²) < 4.78 is 106. The molecule has 0 heterocycles. The van der Waals surface area contributed by atoms with E-state index >= 15 is 0 Å². The van der Waals surface area contributed by atoms with Gasteiger partial charge in [-0.05, 0) is 38.1 Å². The minimum absolute atomic E-state index is 0.0630. The van der Waals surface area contributed by atoms with Crippen LogP contribution in [0, 0.1) is 13.8 Å². The molecule has 40 heavy (non-hydrogen) atoms. The molecular weight excluding hydrogens is 574 g/mol. The molecule has 2 aromatic rings. The van der Waals surface area contributed by atoms with Crippen LogP contribution >= 0.6 is 0 Å². The SMILES string of the molecule is Cc1ccc(S(=O)(=O)OC(CF)COCCOCCOCCOCC(CF)OS(=O)(=O)c2ccc(C)cc2)cc1. The van der Waals surface area contributed by atoms with Gasteiger partial charge in [-0.15, -0.1) is 0 Å². The van der Waals surface area contributed by atoms with Crippen molar-refractivity contribution in [2.45, 2.75) is 35.8 Å². The van der Waals surface area contributed by atoms with Crippen LogP contribution in [-0.4, -0.2) is 95.2 Å². The fraction of sp³-hybridized carbons (Fsp3) is 0.538. The van der Waals surface area contributed by atoms with E-state index < -0.39 is 45.8 Å². The second-order valence-corrected chi connectivity index (χ2v) is 11.8. The number of aryl methyl sites for hydroxylation is 2. The number of hydrogen-bond acceptors (Lipinski definition) is 10. The van der Waals surface area contributed by atoms with Crippen LogP contribution in [0.15, 0.2) is 58.3 Å². The quantitative estimate of drug-likeness (QED) is 0.154. The molecular formula is C26H36F2O10S2. The molecule has 2 unspecified atom stereocenters. The van der Waals surface area contributed by atoms with Crippen LogP contribution in [-0.2, 0) is 47.5 Å². The van der Waals surface area contributed by atoms with Gasteiger partial charge in [0.1, 0.15) is 25.6 Å². The van der Waals surface area contributed by atoms with Crippen molar-refractivity contribution in [3.8, 4) is 0 Å². The second kappa shape index (κ2) is 17.7. The van der Waals surface area contributed by atoms with Crippen molar-refractivity contribution < 1.29 is 52.9 Å². The molecule has 226 valence electrons. The molecule has 0 radical (unpaired) electrons. The summed E-state index contributed by atoms with van der Waals surface area (Å²) in [5.74, 6) is 0. The number of halogens is 2. The first-order valence-electron chi connectivity index (χ1n) is 12.5. The molecule has 0 N–H and O–H groups in total. The van der Waals surface area contributed by atoms with Crippen molar-refractivity contribution in [2.24, 2.45) is 0 Å². The van der Waals surface area contributed by atoms with Gasteiger partial charge in [0.2, 0.25) is 0 Å². The third-order valence-electron chi connectivity index (χ3n) is 5.21. The summed E-state index contributed by atoms with van der Waals surface area (Å²) in [5.41, 5.74) is 1.76. The second-order valence-electron chi connectivity index (χ2n) is 8.65. The largest absolute Gasteiger partial charge is 0.377 e. The highest BCUT2D eigenvalue weighted by molar-refractivity contribution is 7.87. The summed E-state index contributed by atoms with van der Waals surface area (Å²) in [4.78, 5) is -0.126. The summed E-state index contributed by atoms with van der Waals surface area (Å²) in [7, 11) is -8.22. The van der Waals surface area contributed by atoms with E-state index in [4.69, 9.17) is 27.3 Å². The first-order valence-corrected chi connectivity index (χ1v) is 15.3. The molecule has 0 fully saturated rings. The van der Waals surface area contributed by atoms with E-state index in [0.29, 0.717) is 0 Å². The molecule has 0 aliphatic heterocycles. The smallest absolute Gasteiger partial charge is 0.297 e. The third kappa shape index (κ3) is 12.6. The Balaban J connectivity index is 1.50. The molecule has 0 spiro atoms. The van der Waals surface area contributed by atoms with E-state index in [0.717, 1.165) is 11.1 Å². The van der Waals surface area contributed by atoms with Crippen LogP contribution in [0.3, 0.4) is 0 Å². The summed E-state index contributed by atoms with van der Waals surface area (Å²) in [6, 6.07) is 12.0. The Labute approximate surface area is 234 Å². The van der Waals surface area contributed by atoms with Gasteiger partial charge in [-0.2, -0.15) is 16.8 Å². The van der Waals surface area contributed by atoms with Gasteiger partial charge < -0.3 is 18.9 Å². The van der Waals surface area contributed by atoms with Crippen molar-refractivity contribution in [3.63, 3.8) is 0 Å². The fourth-order valence-electron chi connectivity index (χ4n) is 3.06. The fourth-order valence-corrected chi connectivity index (χ4v) is 5.15. The molecule has 0 aliphatic carbocycles. The highest BCUT2D eigenvalue weighted by atomic mass is 32.2. The monoisotopic (exact) mass is 610 g/mol. The van der Waals surface area contributed by atoms with Gasteiger partial charge in [-0.3, -0.25) is 8.37 Å². The van der Waals surface area contributed by atoms with Gasteiger partial charge in [0.25, 0.3) is 20.2 Å². The maximum Gasteiger partial charge on any atom is 0.297 e. The average molecular weight is 611 g/mol. The zero-order chi connectivity index (χ0) is 29.4. The molecule has 0 bridgehead atoms. The highest BCUT2D eigenvalue weighted by Gasteiger charge is 2.23. The molecule has 14 heteroatoms. The summed E-state index contributed by atoms with van der Waals surface area (Å²) in [5, 5.41) is 0. The van der Waals surface area contributed by atoms with Gasteiger partial charge in [0.05, 0.1) is 62.6 Å². The van der Waals surface area contributed by atoms with Gasteiger partial charge in [-0.25, -0.2) is 8.78 Å². The summed E-state index contributed by atoms with van der Waals surface area (Å²) >= 11 is 0. The van der Waals surface area contributed by atoms with Gasteiger partial charge >= 0.3 is 0 Å². The highest BCUT2D eigenvalue weighted by Crippen LogP contribution is 2.17. The van der Waals surface area contributed by atoms with E-state index in [-0.39, 0.29) is 62.6 Å². The lowest BCUT2D eigenvalue weighted by molar-refractivity contribution is -0.0221. The Morgan fingerprint density at radius 3 is 1.15 bits per heavy atom. The van der Waals surface area contributed by atoms with Crippen molar-refractivity contribution in [3.05, 3.63) is 59.7 Å². The average Bonchev–Trinajstić information content (AvgIpc) is 2.92. The number of benzene rings is 2. The predicted molar refractivity (Wildman–Crippen MR) is 142 cm³/mol. The molecule has 0 aromatic heterocycles. The van der Waals surface area contributed by atoms with Gasteiger partial charge in [0.15, 0.2) is 0 Å². The maximum atomic E-state index is 13.2. The summed E-state index contributed by atoms with van der Waals surface area (Å²) in [6.45, 7) is 1.95. The number of ether oxygens (including phenoxy) is 4. The number of alkyl halides is 2. The van der Waals surface area contributed by atoms with Crippen LogP contribution in [0.25, 0.3) is 0 Å². The van der Waals surface area contributed by atoms with Crippen molar-refractivity contribution >= 4 is 20.2 Å². The van der Waals surface area contributed by atoms with Crippen LogP contribution in [0.1, 0.15) is 11.1 Å². The lowest BCUT2D eigenvalue weighted by Gasteiger charge is -2.15. The Kier molecular flexibility index (Phi) is 15.1. The normalized spacial score (nSPS) is 13.8. The Morgan fingerprint density at radius 2 is 0.850 bits per heavy atom. The topological polar surface area (TPSA) is 124 Å². The van der Waals surface area contributed by atoms with Crippen LogP contribution < -0.4 is 0 Å². The van der Waals surface area contributed by atoms with E-state index in [9.17, 15) is 25.6 Å². The molecule has 2 rings (SSSR count). The lowest BCUT2D eigenvalue weighted by atomic mass is 10.2. The molecule has 10 nitrogen and oxygen atoms in total. The Hall–Kier alpha value is -2.04. The minimum Gasteiger partial charge on any atom is -0.377 e. The molecule has 2 atom stereocenters. The van der Waals surface area contributed by atoms with Gasteiger partial charge in [0, 0.05) is 0 Å². The van der Waals surface area contributed by atoms with E-state index in [1.807, 2.05) is 13.8 Å². The molecule has 0 amide bonds. The van der Waals surface area contributed by atoms with Crippen molar-refractivity contribution in [1.29, 1.82) is 0 Å². The zero-order valence-electron chi connectivity index (χ0n) is 22.5. The minimum atomic E-state index is -4.11. The van der Waals surface area contributed by atoms with Crippen LogP contribution in [0.2, 0.25) is 0 Å². The number of rotatable bonds is 21. The van der Waals surface area contributed by atoms with Crippen LogP contribution in [0.5, 0.6) is 0 Å². The predicted octanol–water partition coefficient (Wildman–Crippen LogP) is 3.16.